The number of carbonyl (C=O) groups is 1. The Morgan fingerprint density at radius 2 is 1.76 bits per heavy atom. The van der Waals surface area contributed by atoms with Crippen molar-refractivity contribution in [3.8, 4) is 17.2 Å². The van der Waals surface area contributed by atoms with E-state index in [1.165, 1.54) is 24.3 Å². The van der Waals surface area contributed by atoms with Gasteiger partial charge in [0.1, 0.15) is 5.75 Å². The van der Waals surface area contributed by atoms with Gasteiger partial charge in [-0.3, -0.25) is 10.1 Å². The SMILES string of the molecule is Cc1cc(C)c(OCC(=O)OCc2nnc(-c3ccc([N+](=O)[O-])cc3)o2)c(C)c1. The third-order valence-corrected chi connectivity index (χ3v) is 4.09. The summed E-state index contributed by atoms with van der Waals surface area (Å²) in [6.45, 7) is 5.38. The fourth-order valence-electron chi connectivity index (χ4n) is 2.86. The Bertz CT molecular complexity index is 1020. The lowest BCUT2D eigenvalue weighted by Gasteiger charge is -2.12. The summed E-state index contributed by atoms with van der Waals surface area (Å²) in [4.78, 5) is 22.2. The molecule has 0 saturated carbocycles. The third kappa shape index (κ3) is 4.95. The number of non-ortho nitro benzene ring substituents is 1. The van der Waals surface area contributed by atoms with Gasteiger partial charge in [-0.05, 0) is 44.0 Å². The number of benzene rings is 2. The highest BCUT2D eigenvalue weighted by atomic mass is 16.6. The van der Waals surface area contributed by atoms with Crippen molar-refractivity contribution in [1.29, 1.82) is 0 Å². The number of hydrogen-bond donors (Lipinski definition) is 0. The lowest BCUT2D eigenvalue weighted by atomic mass is 10.1. The number of aryl methyl sites for hydroxylation is 3. The lowest BCUT2D eigenvalue weighted by Crippen LogP contribution is -2.15. The monoisotopic (exact) mass is 397 g/mol. The Hall–Kier alpha value is -3.75. The maximum atomic E-state index is 12.0. The summed E-state index contributed by atoms with van der Waals surface area (Å²) >= 11 is 0. The van der Waals surface area contributed by atoms with Crippen molar-refractivity contribution in [1.82, 2.24) is 10.2 Å². The molecule has 29 heavy (non-hydrogen) atoms. The number of nitrogens with zero attached hydrogens (tertiary/aromatic N) is 3. The highest BCUT2D eigenvalue weighted by molar-refractivity contribution is 5.71. The number of hydrogen-bond acceptors (Lipinski definition) is 8. The summed E-state index contributed by atoms with van der Waals surface area (Å²) in [6.07, 6.45) is 0. The molecule has 0 aliphatic carbocycles. The van der Waals surface area contributed by atoms with Crippen LogP contribution in [0.25, 0.3) is 11.5 Å². The van der Waals surface area contributed by atoms with E-state index in [1.54, 1.807) is 0 Å². The molecule has 0 N–H and O–H groups in total. The van der Waals surface area contributed by atoms with E-state index in [0.717, 1.165) is 16.7 Å². The van der Waals surface area contributed by atoms with Gasteiger partial charge in [0, 0.05) is 17.7 Å². The van der Waals surface area contributed by atoms with Crippen LogP contribution in [0.4, 0.5) is 5.69 Å². The number of ether oxygens (including phenoxy) is 2. The average Bonchev–Trinajstić information content (AvgIpc) is 3.14. The number of nitro groups is 1. The minimum absolute atomic E-state index is 0.0403. The first-order valence-corrected chi connectivity index (χ1v) is 8.77. The predicted octanol–water partition coefficient (Wildman–Crippen LogP) is 3.69. The molecule has 1 heterocycles. The fourth-order valence-corrected chi connectivity index (χ4v) is 2.86. The van der Waals surface area contributed by atoms with Crippen molar-refractivity contribution in [2.75, 3.05) is 6.61 Å². The van der Waals surface area contributed by atoms with Gasteiger partial charge >= 0.3 is 5.97 Å². The van der Waals surface area contributed by atoms with Crippen molar-refractivity contribution < 1.29 is 23.6 Å². The topological polar surface area (TPSA) is 118 Å². The summed E-state index contributed by atoms with van der Waals surface area (Å²) in [5, 5.41) is 18.4. The van der Waals surface area contributed by atoms with Gasteiger partial charge in [-0.2, -0.15) is 0 Å². The Morgan fingerprint density at radius 1 is 1.10 bits per heavy atom. The molecule has 0 spiro atoms. The van der Waals surface area contributed by atoms with E-state index in [-0.39, 0.29) is 30.7 Å². The molecule has 2 aromatic carbocycles. The number of carbonyl (C=O) groups excluding carboxylic acids is 1. The van der Waals surface area contributed by atoms with Crippen LogP contribution in [0.15, 0.2) is 40.8 Å². The maximum Gasteiger partial charge on any atom is 0.344 e. The van der Waals surface area contributed by atoms with E-state index in [2.05, 4.69) is 10.2 Å². The minimum atomic E-state index is -0.570. The molecule has 150 valence electrons. The number of nitro benzene ring substituents is 1. The van der Waals surface area contributed by atoms with Crippen LogP contribution in [0.2, 0.25) is 0 Å². The number of rotatable bonds is 7. The van der Waals surface area contributed by atoms with Gasteiger partial charge in [0.15, 0.2) is 13.2 Å². The van der Waals surface area contributed by atoms with Crippen LogP contribution < -0.4 is 4.74 Å². The van der Waals surface area contributed by atoms with Gasteiger partial charge in [0.25, 0.3) is 11.6 Å². The average molecular weight is 397 g/mol. The molecule has 9 nitrogen and oxygen atoms in total. The quantitative estimate of drug-likeness (QED) is 0.336. The molecule has 0 aliphatic rings. The molecule has 0 amide bonds. The van der Waals surface area contributed by atoms with Crippen LogP contribution in [-0.2, 0) is 16.1 Å². The summed E-state index contributed by atoms with van der Waals surface area (Å²) in [5.41, 5.74) is 3.49. The largest absolute Gasteiger partial charge is 0.481 e. The minimum Gasteiger partial charge on any atom is -0.481 e. The summed E-state index contributed by atoms with van der Waals surface area (Å²) < 4.78 is 16.1. The van der Waals surface area contributed by atoms with Crippen LogP contribution in [0.5, 0.6) is 5.75 Å². The molecule has 3 rings (SSSR count). The molecule has 1 aromatic heterocycles. The zero-order valence-corrected chi connectivity index (χ0v) is 16.2. The van der Waals surface area contributed by atoms with E-state index in [9.17, 15) is 14.9 Å². The summed E-state index contributed by atoms with van der Waals surface area (Å²) in [6, 6.07) is 9.64. The van der Waals surface area contributed by atoms with Crippen LogP contribution in [0.1, 0.15) is 22.6 Å². The van der Waals surface area contributed by atoms with E-state index in [0.29, 0.717) is 11.3 Å². The zero-order chi connectivity index (χ0) is 21.0. The van der Waals surface area contributed by atoms with Gasteiger partial charge in [0.2, 0.25) is 5.89 Å². The van der Waals surface area contributed by atoms with Crippen molar-refractivity contribution in [2.45, 2.75) is 27.4 Å². The van der Waals surface area contributed by atoms with Crippen LogP contribution in [-0.4, -0.2) is 27.7 Å². The molecule has 3 aromatic rings. The highest BCUT2D eigenvalue weighted by Crippen LogP contribution is 2.24. The normalized spacial score (nSPS) is 10.6. The molecular weight excluding hydrogens is 378 g/mol. The van der Waals surface area contributed by atoms with Crippen LogP contribution in [0.3, 0.4) is 0 Å². The molecule has 0 aliphatic heterocycles. The molecule has 0 atom stereocenters. The Labute approximate surface area is 166 Å². The maximum absolute atomic E-state index is 12.0. The fraction of sp³-hybridized carbons (Fsp3) is 0.250. The standard InChI is InChI=1S/C20H19N3O6/c1-12-8-13(2)19(14(3)9-12)28-11-18(24)27-10-17-21-22-20(29-17)15-4-6-16(7-5-15)23(25)26/h4-9H,10-11H2,1-3H3. The Morgan fingerprint density at radius 3 is 2.38 bits per heavy atom. The first-order chi connectivity index (χ1) is 13.8. The van der Waals surface area contributed by atoms with E-state index in [4.69, 9.17) is 13.9 Å². The first-order valence-electron chi connectivity index (χ1n) is 8.77. The van der Waals surface area contributed by atoms with Gasteiger partial charge in [0.05, 0.1) is 4.92 Å². The Balaban J connectivity index is 1.54. The molecule has 0 saturated heterocycles. The predicted molar refractivity (Wildman–Crippen MR) is 102 cm³/mol. The van der Waals surface area contributed by atoms with Crippen molar-refractivity contribution in [3.05, 3.63) is 69.1 Å². The number of esters is 1. The molecule has 0 unspecified atom stereocenters. The summed E-state index contributed by atoms with van der Waals surface area (Å²) in [5.74, 6) is 0.368. The first kappa shape index (κ1) is 20.0. The Kier molecular flexibility index (Phi) is 5.87. The van der Waals surface area contributed by atoms with Crippen LogP contribution in [0, 0.1) is 30.9 Å². The molecule has 9 heteroatoms. The van der Waals surface area contributed by atoms with E-state index >= 15 is 0 Å². The van der Waals surface area contributed by atoms with Crippen molar-refractivity contribution in [2.24, 2.45) is 0 Å². The second-order valence-corrected chi connectivity index (χ2v) is 6.48. The van der Waals surface area contributed by atoms with E-state index in [1.807, 2.05) is 32.9 Å². The van der Waals surface area contributed by atoms with Gasteiger partial charge in [-0.25, -0.2) is 4.79 Å². The van der Waals surface area contributed by atoms with Crippen molar-refractivity contribution in [3.63, 3.8) is 0 Å². The van der Waals surface area contributed by atoms with Gasteiger partial charge < -0.3 is 13.9 Å². The second-order valence-electron chi connectivity index (χ2n) is 6.48. The third-order valence-electron chi connectivity index (χ3n) is 4.09. The molecule has 0 fully saturated rings. The smallest absolute Gasteiger partial charge is 0.344 e. The molecule has 0 bridgehead atoms. The molecular formula is C20H19N3O6. The zero-order valence-electron chi connectivity index (χ0n) is 16.2. The summed E-state index contributed by atoms with van der Waals surface area (Å²) in [7, 11) is 0. The van der Waals surface area contributed by atoms with Crippen LogP contribution >= 0.6 is 0 Å². The van der Waals surface area contributed by atoms with Crippen molar-refractivity contribution >= 4 is 11.7 Å². The second kappa shape index (κ2) is 8.51. The highest BCUT2D eigenvalue weighted by Gasteiger charge is 2.14. The van der Waals surface area contributed by atoms with Gasteiger partial charge in [-0.15, -0.1) is 10.2 Å². The molecule has 0 radical (unpaired) electrons. The van der Waals surface area contributed by atoms with Gasteiger partial charge in [-0.1, -0.05) is 17.7 Å². The lowest BCUT2D eigenvalue weighted by molar-refractivity contribution is -0.384. The number of aromatic nitrogens is 2. The van der Waals surface area contributed by atoms with E-state index < -0.39 is 10.9 Å².